The summed E-state index contributed by atoms with van der Waals surface area (Å²) >= 11 is 0. The Kier molecular flexibility index (Phi) is 2.74. The molecule has 84 valence electrons. The predicted molar refractivity (Wildman–Crippen MR) is 48.5 cm³/mol. The molecule has 0 saturated carbocycles. The Morgan fingerprint density at radius 2 is 1.73 bits per heavy atom. The molecule has 2 heterocycles. The van der Waals surface area contributed by atoms with Crippen molar-refractivity contribution in [3.63, 3.8) is 0 Å². The summed E-state index contributed by atoms with van der Waals surface area (Å²) in [4.78, 5) is 12.4. The topological polar surface area (TPSA) is 85.8 Å². The van der Waals surface area contributed by atoms with Crippen LogP contribution in [0.1, 0.15) is 0 Å². The van der Waals surface area contributed by atoms with Gasteiger partial charge in [-0.3, -0.25) is 9.69 Å². The zero-order valence-corrected chi connectivity index (χ0v) is 8.07. The number of hydrogen-bond acceptors (Lipinski definition) is 5. The van der Waals surface area contributed by atoms with E-state index in [1.54, 1.807) is 0 Å². The minimum absolute atomic E-state index is 0.389. The van der Waals surface area contributed by atoms with Crippen molar-refractivity contribution in [2.24, 2.45) is 0 Å². The van der Waals surface area contributed by atoms with Gasteiger partial charge in [0.1, 0.15) is 12.2 Å². The van der Waals surface area contributed by atoms with E-state index in [1.807, 2.05) is 0 Å². The SMILES string of the molecule is C=CC(=O)N(C(O)C1CO1)C(O)C1CO1. The lowest BCUT2D eigenvalue weighted by molar-refractivity contribution is -0.160. The quantitative estimate of drug-likeness (QED) is 0.329. The molecule has 0 bridgehead atoms. The van der Waals surface area contributed by atoms with Crippen LogP contribution in [-0.2, 0) is 14.3 Å². The highest BCUT2D eigenvalue weighted by Gasteiger charge is 2.45. The normalized spacial score (nSPS) is 31.6. The van der Waals surface area contributed by atoms with Gasteiger partial charge >= 0.3 is 0 Å². The average molecular weight is 215 g/mol. The van der Waals surface area contributed by atoms with Gasteiger partial charge in [0, 0.05) is 0 Å². The van der Waals surface area contributed by atoms with Crippen molar-refractivity contribution in [1.29, 1.82) is 0 Å². The maximum Gasteiger partial charge on any atom is 0.250 e. The fourth-order valence-electron chi connectivity index (χ4n) is 1.34. The molecular formula is C9H13NO5. The van der Waals surface area contributed by atoms with E-state index in [0.717, 1.165) is 11.0 Å². The van der Waals surface area contributed by atoms with E-state index in [0.29, 0.717) is 13.2 Å². The molecule has 2 fully saturated rings. The molecule has 15 heavy (non-hydrogen) atoms. The van der Waals surface area contributed by atoms with Crippen LogP contribution in [0.2, 0.25) is 0 Å². The molecule has 1 amide bonds. The van der Waals surface area contributed by atoms with Crippen molar-refractivity contribution in [2.75, 3.05) is 13.2 Å². The molecule has 0 spiro atoms. The molecule has 4 atom stereocenters. The number of epoxide rings is 2. The second-order valence-electron chi connectivity index (χ2n) is 3.52. The minimum Gasteiger partial charge on any atom is -0.371 e. The molecule has 0 aromatic rings. The fraction of sp³-hybridized carbons (Fsp3) is 0.667. The highest BCUT2D eigenvalue weighted by Crippen LogP contribution is 2.24. The summed E-state index contributed by atoms with van der Waals surface area (Å²) in [6, 6.07) is 0. The van der Waals surface area contributed by atoms with Crippen molar-refractivity contribution in [1.82, 2.24) is 4.90 Å². The fourth-order valence-corrected chi connectivity index (χ4v) is 1.34. The molecule has 0 aromatic carbocycles. The van der Waals surface area contributed by atoms with Gasteiger partial charge in [0.05, 0.1) is 13.2 Å². The Morgan fingerprint density at radius 1 is 1.33 bits per heavy atom. The number of hydrogen-bond donors (Lipinski definition) is 2. The van der Waals surface area contributed by atoms with E-state index in [4.69, 9.17) is 9.47 Å². The van der Waals surface area contributed by atoms with Crippen molar-refractivity contribution < 1.29 is 24.5 Å². The van der Waals surface area contributed by atoms with Gasteiger partial charge in [0.25, 0.3) is 0 Å². The lowest BCUT2D eigenvalue weighted by Gasteiger charge is -2.29. The van der Waals surface area contributed by atoms with E-state index >= 15 is 0 Å². The molecule has 0 aliphatic carbocycles. The third-order valence-corrected chi connectivity index (χ3v) is 2.38. The van der Waals surface area contributed by atoms with Gasteiger partial charge in [-0.1, -0.05) is 6.58 Å². The summed E-state index contributed by atoms with van der Waals surface area (Å²) in [5.41, 5.74) is 0. The van der Waals surface area contributed by atoms with E-state index in [9.17, 15) is 15.0 Å². The average Bonchev–Trinajstić information content (AvgIpc) is 3.07. The number of nitrogens with zero attached hydrogens (tertiary/aromatic N) is 1. The molecule has 6 nitrogen and oxygen atoms in total. The van der Waals surface area contributed by atoms with Crippen LogP contribution < -0.4 is 0 Å². The Bertz CT molecular complexity index is 256. The molecule has 2 aliphatic heterocycles. The van der Waals surface area contributed by atoms with Crippen molar-refractivity contribution in [3.8, 4) is 0 Å². The third kappa shape index (κ3) is 2.18. The van der Waals surface area contributed by atoms with E-state index in [2.05, 4.69) is 6.58 Å². The van der Waals surface area contributed by atoms with Crippen LogP contribution >= 0.6 is 0 Å². The molecule has 2 saturated heterocycles. The zero-order valence-electron chi connectivity index (χ0n) is 8.07. The first kappa shape index (κ1) is 10.6. The highest BCUT2D eigenvalue weighted by atomic mass is 16.6. The van der Waals surface area contributed by atoms with Crippen molar-refractivity contribution in [3.05, 3.63) is 12.7 Å². The summed E-state index contributed by atoms with van der Waals surface area (Å²) in [5, 5.41) is 19.4. The maximum absolute atomic E-state index is 11.4. The molecular weight excluding hydrogens is 202 g/mol. The van der Waals surface area contributed by atoms with Crippen molar-refractivity contribution in [2.45, 2.75) is 24.7 Å². The zero-order chi connectivity index (χ0) is 11.0. The van der Waals surface area contributed by atoms with E-state index in [-0.39, 0.29) is 0 Å². The largest absolute Gasteiger partial charge is 0.371 e. The Balaban J connectivity index is 2.06. The van der Waals surface area contributed by atoms with Gasteiger partial charge in [0.2, 0.25) is 5.91 Å². The molecule has 0 radical (unpaired) electrons. The minimum atomic E-state index is -1.14. The summed E-state index contributed by atoms with van der Waals surface area (Å²) in [7, 11) is 0. The second-order valence-corrected chi connectivity index (χ2v) is 3.52. The Hall–Kier alpha value is -0.950. The summed E-state index contributed by atoms with van der Waals surface area (Å²) < 4.78 is 9.73. The number of carbonyl (C=O) groups excluding carboxylic acids is 1. The molecule has 2 rings (SSSR count). The second kappa shape index (κ2) is 3.90. The molecule has 2 aliphatic rings. The molecule has 2 N–H and O–H groups in total. The van der Waals surface area contributed by atoms with Crippen molar-refractivity contribution >= 4 is 5.91 Å². The third-order valence-electron chi connectivity index (χ3n) is 2.38. The number of rotatable bonds is 5. The number of aliphatic hydroxyl groups excluding tert-OH is 2. The number of aliphatic hydroxyl groups is 2. The van der Waals surface area contributed by atoms with E-state index < -0.39 is 30.6 Å². The summed E-state index contributed by atoms with van der Waals surface area (Å²) in [6.07, 6.45) is -2.08. The Labute approximate surface area is 86.7 Å². The maximum atomic E-state index is 11.4. The molecule has 0 aromatic heterocycles. The standard InChI is InChI=1S/C9H13NO5/c1-2-7(11)10(8(12)5-3-14-5)9(13)6-4-15-6/h2,5-6,8-9,12-13H,1,3-4H2. The lowest BCUT2D eigenvalue weighted by Crippen LogP contribution is -2.51. The highest BCUT2D eigenvalue weighted by molar-refractivity contribution is 5.87. The number of carbonyl (C=O) groups is 1. The van der Waals surface area contributed by atoms with Gasteiger partial charge in [0.15, 0.2) is 12.5 Å². The lowest BCUT2D eigenvalue weighted by atomic mass is 10.2. The van der Waals surface area contributed by atoms with Crippen LogP contribution in [-0.4, -0.2) is 58.9 Å². The van der Waals surface area contributed by atoms with Crippen LogP contribution in [0.3, 0.4) is 0 Å². The number of ether oxygens (including phenoxy) is 2. The van der Waals surface area contributed by atoms with Gasteiger partial charge < -0.3 is 19.7 Å². The molecule has 4 unspecified atom stereocenters. The smallest absolute Gasteiger partial charge is 0.250 e. The summed E-state index contributed by atoms with van der Waals surface area (Å²) in [5.74, 6) is -0.541. The first-order chi connectivity index (χ1) is 7.15. The number of amides is 1. The van der Waals surface area contributed by atoms with Crippen LogP contribution in [0.25, 0.3) is 0 Å². The van der Waals surface area contributed by atoms with Crippen LogP contribution in [0.15, 0.2) is 12.7 Å². The first-order valence-electron chi connectivity index (χ1n) is 4.69. The van der Waals surface area contributed by atoms with Crippen LogP contribution in [0, 0.1) is 0 Å². The Morgan fingerprint density at radius 3 is 2.00 bits per heavy atom. The molecule has 6 heteroatoms. The monoisotopic (exact) mass is 215 g/mol. The van der Waals surface area contributed by atoms with Gasteiger partial charge in [-0.15, -0.1) is 0 Å². The van der Waals surface area contributed by atoms with Gasteiger partial charge in [-0.2, -0.15) is 0 Å². The van der Waals surface area contributed by atoms with E-state index in [1.165, 1.54) is 0 Å². The predicted octanol–water partition coefficient (Wildman–Crippen LogP) is -1.56. The van der Waals surface area contributed by atoms with Crippen LogP contribution in [0.5, 0.6) is 0 Å². The van der Waals surface area contributed by atoms with Gasteiger partial charge in [-0.25, -0.2) is 0 Å². The first-order valence-corrected chi connectivity index (χ1v) is 4.69. The summed E-state index contributed by atoms with van der Waals surface area (Å²) in [6.45, 7) is 4.09. The van der Waals surface area contributed by atoms with Crippen LogP contribution in [0.4, 0.5) is 0 Å². The van der Waals surface area contributed by atoms with Gasteiger partial charge in [-0.05, 0) is 6.08 Å².